The normalized spacial score (nSPS) is 16.6. The van der Waals surface area contributed by atoms with Gasteiger partial charge in [-0.05, 0) is 54.5 Å². The van der Waals surface area contributed by atoms with E-state index in [0.717, 1.165) is 17.1 Å². The largest absolute Gasteiger partial charge is 0.481 e. The van der Waals surface area contributed by atoms with Crippen LogP contribution in [0.3, 0.4) is 0 Å². The van der Waals surface area contributed by atoms with Gasteiger partial charge in [-0.3, -0.25) is 62.4 Å². The molecule has 2 aromatic heterocycles. The molecule has 2 aromatic carbocycles. The van der Waals surface area contributed by atoms with Gasteiger partial charge in [0.2, 0.25) is 47.3 Å². The van der Waals surface area contributed by atoms with Crippen LogP contribution >= 0.6 is 0 Å². The maximum Gasteiger partial charge on any atom is 0.343 e. The van der Waals surface area contributed by atoms with Crippen LogP contribution in [-0.4, -0.2) is 178 Å². The van der Waals surface area contributed by atoms with Gasteiger partial charge in [0.15, 0.2) is 5.60 Å². The number of nitrogens with two attached hydrogens (primary N) is 1. The molecular weight excluding hydrogens is 1180 g/mol. The van der Waals surface area contributed by atoms with Crippen LogP contribution in [-0.2, 0) is 103 Å². The van der Waals surface area contributed by atoms with Gasteiger partial charge in [-0.2, -0.15) is 0 Å². The molecule has 4 aliphatic rings. The van der Waals surface area contributed by atoms with E-state index in [0.29, 0.717) is 33.2 Å². The number of fused-ring (bicyclic) bond motifs is 5. The number of primary amides is 1. The number of carbonyl (C=O) groups is 12. The maximum absolute atomic E-state index is 15.7. The molecule has 8 rings (SSSR count). The lowest BCUT2D eigenvalue weighted by molar-refractivity contribution is -0.172. The molecule has 0 saturated carbocycles. The number of carboxylic acids is 1. The van der Waals surface area contributed by atoms with Gasteiger partial charge in [0.25, 0.3) is 17.4 Å². The van der Waals surface area contributed by atoms with Crippen molar-refractivity contribution < 1.29 is 86.3 Å². The number of aromatic nitrogens is 2. The Morgan fingerprint density at radius 2 is 1.49 bits per heavy atom. The highest BCUT2D eigenvalue weighted by Crippen LogP contribution is 2.47. The lowest BCUT2D eigenvalue weighted by atomic mass is 9.81. The first-order valence-corrected chi connectivity index (χ1v) is 29.0. The van der Waals surface area contributed by atoms with E-state index in [2.05, 4.69) is 31.9 Å². The monoisotopic (exact) mass is 1250 g/mol. The molecule has 0 unspecified atom stereocenters. The second kappa shape index (κ2) is 29.5. The van der Waals surface area contributed by atoms with Gasteiger partial charge in [-0.25, -0.2) is 14.2 Å². The Kier molecular flexibility index (Phi) is 21.7. The number of amides is 10. The summed E-state index contributed by atoms with van der Waals surface area (Å²) in [5.74, 6) is -10.2. The third-order valence-electron chi connectivity index (χ3n) is 15.8. The molecule has 0 saturated heterocycles. The zero-order chi connectivity index (χ0) is 65.0. The van der Waals surface area contributed by atoms with Gasteiger partial charge in [0, 0.05) is 80.0 Å². The van der Waals surface area contributed by atoms with Gasteiger partial charge in [0.05, 0.1) is 87.5 Å². The van der Waals surface area contributed by atoms with Gasteiger partial charge in [-0.1, -0.05) is 37.3 Å². The molecule has 4 aromatic rings. The number of nitrogens with zero attached hydrogens (tertiary/aromatic N) is 4. The van der Waals surface area contributed by atoms with Crippen LogP contribution in [0.1, 0.15) is 90.4 Å². The number of aliphatic hydroxyl groups is 1. The van der Waals surface area contributed by atoms with E-state index in [1.807, 2.05) is 0 Å². The zero-order valence-corrected chi connectivity index (χ0v) is 49.2. The number of halogens is 1. The van der Waals surface area contributed by atoms with Gasteiger partial charge in [-0.15, -0.1) is 0 Å². The fourth-order valence-corrected chi connectivity index (χ4v) is 11.1. The summed E-state index contributed by atoms with van der Waals surface area (Å²) in [5.41, 5.74) is 6.28. The molecule has 10 N–H and O–H groups in total. The number of aliphatic carboxylic acids is 1. The first kappa shape index (κ1) is 66.1. The molecule has 90 heavy (non-hydrogen) atoms. The highest BCUT2D eigenvalue weighted by atomic mass is 19.1. The minimum atomic E-state index is -2.14. The van der Waals surface area contributed by atoms with Crippen molar-refractivity contribution in [1.29, 1.82) is 0 Å². The number of cyclic esters (lactones) is 1. The molecule has 0 radical (unpaired) electrons. The lowest BCUT2D eigenvalue weighted by Gasteiger charge is -2.37. The minimum Gasteiger partial charge on any atom is -0.481 e. The SMILES string of the molecule is CC[C@@]1(O)C(=O)OCc2c1cc1n(c2=O)Cc2c-1nc1cc(F)c(C)c3c1c2[C@@H](N(CCC(N)=O)C(=O)CNC(=O)[C@H](Cc1ccccc1)NC(=O)CNC(=O)CNC(=O)[C@H](CC(=O)O)NC(=O)CCOCCOCCNC(=O)CCN1C(=O)C=CC1=O)CC3. The van der Waals surface area contributed by atoms with Crippen molar-refractivity contribution in [3.63, 3.8) is 0 Å². The van der Waals surface area contributed by atoms with E-state index in [9.17, 15) is 72.5 Å². The highest BCUT2D eigenvalue weighted by molar-refractivity contribution is 6.13. The summed E-state index contributed by atoms with van der Waals surface area (Å²) in [4.78, 5) is 174. The molecule has 0 fully saturated rings. The van der Waals surface area contributed by atoms with E-state index in [-0.39, 0.29) is 126 Å². The van der Waals surface area contributed by atoms with E-state index in [4.69, 9.17) is 24.9 Å². The van der Waals surface area contributed by atoms with Gasteiger partial charge in [0.1, 0.15) is 24.5 Å². The fraction of sp³-hybridized carbons (Fsp3) is 0.433. The van der Waals surface area contributed by atoms with Crippen molar-refractivity contribution in [2.75, 3.05) is 65.7 Å². The summed E-state index contributed by atoms with van der Waals surface area (Å²) >= 11 is 0. The molecule has 1 aliphatic carbocycles. The molecular formula is C60H68FN11O18. The van der Waals surface area contributed by atoms with E-state index in [1.165, 1.54) is 21.6 Å². The molecule has 29 nitrogen and oxygen atoms in total. The van der Waals surface area contributed by atoms with Crippen LogP contribution in [0.5, 0.6) is 0 Å². The number of carbonyl (C=O) groups excluding carboxylic acids is 11. The molecule has 10 amide bonds. The molecule has 4 atom stereocenters. The topological polar surface area (TPSA) is 413 Å². The third-order valence-corrected chi connectivity index (χ3v) is 15.8. The van der Waals surface area contributed by atoms with Crippen molar-refractivity contribution in [2.45, 2.75) is 102 Å². The van der Waals surface area contributed by atoms with Gasteiger partial charge >= 0.3 is 11.9 Å². The van der Waals surface area contributed by atoms with Crippen molar-refractivity contribution in [3.05, 3.63) is 110 Å². The Morgan fingerprint density at radius 3 is 2.19 bits per heavy atom. The number of nitrogens with one attached hydrogen (secondary N) is 6. The molecule has 30 heteroatoms. The Labute approximate surface area is 512 Å². The minimum absolute atomic E-state index is 0.0341. The van der Waals surface area contributed by atoms with Crippen LogP contribution in [0.15, 0.2) is 59.4 Å². The zero-order valence-electron chi connectivity index (χ0n) is 49.2. The number of carboxylic acid groups (broad SMARTS) is 1. The average molecular weight is 1250 g/mol. The number of aryl methyl sites for hydroxylation is 1. The molecule has 5 heterocycles. The highest BCUT2D eigenvalue weighted by Gasteiger charge is 2.46. The Balaban J connectivity index is 0.852. The Morgan fingerprint density at radius 1 is 0.811 bits per heavy atom. The number of ether oxygens (including phenoxy) is 3. The van der Waals surface area contributed by atoms with Crippen LogP contribution in [0, 0.1) is 12.7 Å². The summed E-state index contributed by atoms with van der Waals surface area (Å²) in [6.45, 7) is 0.427. The van der Waals surface area contributed by atoms with Crippen molar-refractivity contribution in [2.24, 2.45) is 5.73 Å². The van der Waals surface area contributed by atoms with Crippen LogP contribution in [0.2, 0.25) is 0 Å². The smallest absolute Gasteiger partial charge is 0.343 e. The van der Waals surface area contributed by atoms with E-state index in [1.54, 1.807) is 44.2 Å². The number of imide groups is 1. The first-order chi connectivity index (χ1) is 43.0. The standard InChI is InChI=1S/C60H68FN11O18/c1-3-60(87)37-24-43-55-35(30-72(43)58(85)36(37)31-90-59(60)86)54-42(10-9-34-32(2)38(61)25-39(69-55)53(34)54)70(17-13-44(62)73)51(80)29-66-56(83)40(23-33-7-5-4-6-8-33)68-48(77)28-64-47(76)27-65-57(84)41(26-52(81)82)67-46(75)15-19-88-21-22-89-20-16-63-45(74)14-18-71-49(78)11-12-50(71)79/h4-8,11-12,24-25,40-42,87H,3,9-10,13-23,26-31H2,1-2H3,(H2,62,73)(H,63,74)(H,64,76)(H,65,84)(H,66,83)(H,67,75)(H,68,77)(H,81,82)/t40-,41-,42-,60-/m0/s1. The quantitative estimate of drug-likeness (QED) is 0.0133. The molecule has 0 bridgehead atoms. The molecule has 3 aliphatic heterocycles. The summed E-state index contributed by atoms with van der Waals surface area (Å²) < 4.78 is 33.1. The van der Waals surface area contributed by atoms with Crippen LogP contribution in [0.25, 0.3) is 22.3 Å². The number of esters is 1. The summed E-state index contributed by atoms with van der Waals surface area (Å²) in [5, 5.41) is 36.0. The van der Waals surface area contributed by atoms with Crippen molar-refractivity contribution in [3.8, 4) is 11.4 Å². The Hall–Kier alpha value is -9.81. The number of benzene rings is 2. The van der Waals surface area contributed by atoms with Crippen LogP contribution in [0.4, 0.5) is 4.39 Å². The van der Waals surface area contributed by atoms with E-state index < -0.39 is 139 Å². The number of hydrogen-bond donors (Lipinski definition) is 9. The lowest BCUT2D eigenvalue weighted by Crippen LogP contribution is -2.53. The number of rotatable bonds is 31. The van der Waals surface area contributed by atoms with Crippen LogP contribution < -0.4 is 43.2 Å². The predicted molar refractivity (Wildman–Crippen MR) is 311 cm³/mol. The maximum atomic E-state index is 15.7. The Bertz CT molecular complexity index is 3630. The average Bonchev–Trinajstić information content (AvgIpc) is 1.44. The van der Waals surface area contributed by atoms with E-state index >= 15 is 4.39 Å². The summed E-state index contributed by atoms with van der Waals surface area (Å²) in [6.07, 6.45) is 0.896. The fourth-order valence-electron chi connectivity index (χ4n) is 11.1. The second-order valence-electron chi connectivity index (χ2n) is 21.6. The third kappa shape index (κ3) is 15.5. The van der Waals surface area contributed by atoms with Crippen molar-refractivity contribution >= 4 is 81.9 Å². The molecule has 0 spiro atoms. The second-order valence-corrected chi connectivity index (χ2v) is 21.6. The number of hydrogen-bond acceptors (Lipinski definition) is 18. The summed E-state index contributed by atoms with van der Waals surface area (Å²) in [6, 6.07) is 7.40. The predicted octanol–water partition coefficient (Wildman–Crippen LogP) is -1.89. The first-order valence-electron chi connectivity index (χ1n) is 29.0. The van der Waals surface area contributed by atoms with Crippen molar-refractivity contribution in [1.82, 2.24) is 51.3 Å². The molecule has 478 valence electrons. The number of pyridine rings is 2. The van der Waals surface area contributed by atoms with Gasteiger partial charge < -0.3 is 71.5 Å². The summed E-state index contributed by atoms with van der Waals surface area (Å²) in [7, 11) is 0.